The summed E-state index contributed by atoms with van der Waals surface area (Å²) in [6.07, 6.45) is 4.28. The first-order valence-corrected chi connectivity index (χ1v) is 9.63. The molecule has 6 nitrogen and oxygen atoms in total. The minimum Gasteiger partial charge on any atom is -0.380 e. The molecule has 1 amide bonds. The summed E-state index contributed by atoms with van der Waals surface area (Å²) in [7, 11) is 1.75. The third-order valence-corrected chi connectivity index (χ3v) is 5.73. The van der Waals surface area contributed by atoms with Crippen molar-refractivity contribution < 1.29 is 9.53 Å². The molecule has 25 heavy (non-hydrogen) atoms. The van der Waals surface area contributed by atoms with E-state index in [9.17, 15) is 4.79 Å². The molecule has 0 aliphatic carbocycles. The van der Waals surface area contributed by atoms with Gasteiger partial charge >= 0.3 is 0 Å². The lowest BCUT2D eigenvalue weighted by atomic mass is 10.1. The highest BCUT2D eigenvalue weighted by Crippen LogP contribution is 2.27. The molecule has 140 valence electrons. The van der Waals surface area contributed by atoms with Crippen LogP contribution in [0.25, 0.3) is 0 Å². The molecule has 2 atom stereocenters. The van der Waals surface area contributed by atoms with Crippen molar-refractivity contribution >= 4 is 5.91 Å². The Morgan fingerprint density at radius 2 is 2.00 bits per heavy atom. The molecule has 0 N–H and O–H groups in total. The largest absolute Gasteiger partial charge is 0.380 e. The number of carbonyl (C=O) groups is 1. The smallest absolute Gasteiger partial charge is 0.240 e. The predicted molar refractivity (Wildman–Crippen MR) is 97.4 cm³/mol. The number of amides is 1. The van der Waals surface area contributed by atoms with E-state index >= 15 is 0 Å². The van der Waals surface area contributed by atoms with Crippen LogP contribution in [0, 0.1) is 13.8 Å². The summed E-state index contributed by atoms with van der Waals surface area (Å²) in [4.78, 5) is 17.3. The number of hydrogen-bond donors (Lipinski definition) is 0. The number of aromatic nitrogens is 2. The van der Waals surface area contributed by atoms with Gasteiger partial charge in [0, 0.05) is 51.1 Å². The quantitative estimate of drug-likeness (QED) is 0.790. The van der Waals surface area contributed by atoms with Crippen molar-refractivity contribution in [2.24, 2.45) is 0 Å². The highest BCUT2D eigenvalue weighted by Gasteiger charge is 2.39. The maximum atomic E-state index is 13.0. The molecule has 0 spiro atoms. The lowest BCUT2D eigenvalue weighted by Gasteiger charge is -2.27. The minimum absolute atomic E-state index is 0.0589. The van der Waals surface area contributed by atoms with Crippen molar-refractivity contribution in [1.82, 2.24) is 19.6 Å². The predicted octanol–water partition coefficient (Wildman–Crippen LogP) is 2.12. The van der Waals surface area contributed by atoms with Gasteiger partial charge in [-0.2, -0.15) is 5.10 Å². The Balaban J connectivity index is 1.78. The Labute approximate surface area is 151 Å². The van der Waals surface area contributed by atoms with Gasteiger partial charge in [0.05, 0.1) is 17.8 Å². The summed E-state index contributed by atoms with van der Waals surface area (Å²) in [5.41, 5.74) is 3.58. The van der Waals surface area contributed by atoms with Crippen molar-refractivity contribution in [3.05, 3.63) is 17.0 Å². The van der Waals surface area contributed by atoms with Gasteiger partial charge in [0.15, 0.2) is 0 Å². The van der Waals surface area contributed by atoms with Crippen LogP contribution in [0.3, 0.4) is 0 Å². The van der Waals surface area contributed by atoms with Crippen LogP contribution < -0.4 is 0 Å². The average Bonchev–Trinajstić information content (AvgIpc) is 3.31. The molecule has 0 bridgehead atoms. The Morgan fingerprint density at radius 3 is 2.64 bits per heavy atom. The Kier molecular flexibility index (Phi) is 5.79. The maximum absolute atomic E-state index is 13.0. The molecule has 1 aromatic heterocycles. The van der Waals surface area contributed by atoms with E-state index in [0.29, 0.717) is 0 Å². The molecule has 2 aliphatic heterocycles. The summed E-state index contributed by atoms with van der Waals surface area (Å²) in [5, 5.41) is 4.69. The molecule has 3 rings (SSSR count). The van der Waals surface area contributed by atoms with Gasteiger partial charge in [-0.25, -0.2) is 0 Å². The van der Waals surface area contributed by atoms with Crippen molar-refractivity contribution in [3.8, 4) is 0 Å². The highest BCUT2D eigenvalue weighted by molar-refractivity contribution is 5.82. The van der Waals surface area contributed by atoms with Gasteiger partial charge < -0.3 is 9.64 Å². The molecule has 0 radical (unpaired) electrons. The molecule has 2 saturated heterocycles. The summed E-state index contributed by atoms with van der Waals surface area (Å²) >= 11 is 0. The van der Waals surface area contributed by atoms with Gasteiger partial charge in [-0.05, 0) is 39.5 Å². The molecule has 0 saturated carbocycles. The highest BCUT2D eigenvalue weighted by atomic mass is 16.5. The fourth-order valence-corrected chi connectivity index (χ4v) is 4.21. The topological polar surface area (TPSA) is 50.6 Å². The fraction of sp³-hybridized carbons (Fsp3) is 0.789. The van der Waals surface area contributed by atoms with Gasteiger partial charge in [0.25, 0.3) is 0 Å². The van der Waals surface area contributed by atoms with Crippen LogP contribution in [0.1, 0.15) is 49.6 Å². The first kappa shape index (κ1) is 18.4. The third kappa shape index (κ3) is 3.75. The van der Waals surface area contributed by atoms with Crippen LogP contribution in [-0.4, -0.2) is 64.4 Å². The SMILES string of the molecule is CCCn1nc(C)c(CN2C[C@@H](OC)C[C@H]2C(=O)N2CCCC2)c1C. The lowest BCUT2D eigenvalue weighted by molar-refractivity contribution is -0.135. The van der Waals surface area contributed by atoms with Crippen molar-refractivity contribution in [1.29, 1.82) is 0 Å². The van der Waals surface area contributed by atoms with Gasteiger partial charge in [0.1, 0.15) is 0 Å². The Bertz CT molecular complexity index is 607. The van der Waals surface area contributed by atoms with E-state index in [4.69, 9.17) is 9.84 Å². The lowest BCUT2D eigenvalue weighted by Crippen LogP contribution is -2.44. The van der Waals surface area contributed by atoms with Crippen LogP contribution in [0.4, 0.5) is 0 Å². The van der Waals surface area contributed by atoms with E-state index in [1.165, 1.54) is 11.3 Å². The maximum Gasteiger partial charge on any atom is 0.240 e. The second-order valence-corrected chi connectivity index (χ2v) is 7.44. The van der Waals surface area contributed by atoms with Gasteiger partial charge in [-0.15, -0.1) is 0 Å². The monoisotopic (exact) mass is 348 g/mol. The molecule has 3 heterocycles. The summed E-state index contributed by atoms with van der Waals surface area (Å²) in [6.45, 7) is 10.8. The number of nitrogens with zero attached hydrogens (tertiary/aromatic N) is 4. The molecular weight excluding hydrogens is 316 g/mol. The second-order valence-electron chi connectivity index (χ2n) is 7.44. The molecule has 2 fully saturated rings. The Morgan fingerprint density at radius 1 is 1.28 bits per heavy atom. The zero-order valence-corrected chi connectivity index (χ0v) is 16.1. The van der Waals surface area contributed by atoms with Crippen molar-refractivity contribution in [2.75, 3.05) is 26.7 Å². The van der Waals surface area contributed by atoms with Crippen LogP contribution in [-0.2, 0) is 22.6 Å². The van der Waals surface area contributed by atoms with Crippen molar-refractivity contribution in [3.63, 3.8) is 0 Å². The number of aryl methyl sites for hydroxylation is 2. The molecule has 0 unspecified atom stereocenters. The number of hydrogen-bond acceptors (Lipinski definition) is 4. The standard InChI is InChI=1S/C19H32N4O2/c1-5-8-23-15(3)17(14(2)20-23)13-22-12-16(25-4)11-18(22)19(24)21-9-6-7-10-21/h16,18H,5-13H2,1-4H3/t16-,18-/m0/s1. The van der Waals surface area contributed by atoms with Gasteiger partial charge in [-0.3, -0.25) is 14.4 Å². The van der Waals surface area contributed by atoms with E-state index < -0.39 is 0 Å². The Hall–Kier alpha value is -1.40. The first-order valence-electron chi connectivity index (χ1n) is 9.63. The van der Waals surface area contributed by atoms with Crippen LogP contribution in [0.5, 0.6) is 0 Å². The van der Waals surface area contributed by atoms with Crippen LogP contribution >= 0.6 is 0 Å². The molecule has 0 aromatic carbocycles. The zero-order chi connectivity index (χ0) is 18.0. The average molecular weight is 348 g/mol. The summed E-state index contributed by atoms with van der Waals surface area (Å²) < 4.78 is 7.70. The zero-order valence-electron chi connectivity index (χ0n) is 16.1. The normalized spacial score (nSPS) is 24.4. The summed E-state index contributed by atoms with van der Waals surface area (Å²) in [6, 6.07) is -0.0589. The van der Waals surface area contributed by atoms with Gasteiger partial charge in [-0.1, -0.05) is 6.92 Å². The number of ether oxygens (including phenoxy) is 1. The van der Waals surface area contributed by atoms with E-state index in [1.54, 1.807) is 7.11 Å². The number of likely N-dealkylation sites (tertiary alicyclic amines) is 2. The van der Waals surface area contributed by atoms with E-state index in [1.807, 2.05) is 4.90 Å². The van der Waals surface area contributed by atoms with E-state index in [-0.39, 0.29) is 18.1 Å². The van der Waals surface area contributed by atoms with E-state index in [0.717, 1.165) is 64.1 Å². The fourth-order valence-electron chi connectivity index (χ4n) is 4.21. The number of methoxy groups -OCH3 is 1. The van der Waals surface area contributed by atoms with Gasteiger partial charge in [0.2, 0.25) is 5.91 Å². The summed E-state index contributed by atoms with van der Waals surface area (Å²) in [5.74, 6) is 0.285. The van der Waals surface area contributed by atoms with Crippen molar-refractivity contribution in [2.45, 2.75) is 71.7 Å². The molecule has 6 heteroatoms. The second kappa shape index (κ2) is 7.87. The van der Waals surface area contributed by atoms with E-state index in [2.05, 4.69) is 30.4 Å². The first-order chi connectivity index (χ1) is 12.0. The number of rotatable bonds is 6. The minimum atomic E-state index is -0.0589. The number of carbonyl (C=O) groups excluding carboxylic acids is 1. The third-order valence-electron chi connectivity index (χ3n) is 5.73. The molecule has 2 aliphatic rings. The molecule has 1 aromatic rings. The van der Waals surface area contributed by atoms with Crippen LogP contribution in [0.2, 0.25) is 0 Å². The van der Waals surface area contributed by atoms with Crippen LogP contribution in [0.15, 0.2) is 0 Å². The molecular formula is C19H32N4O2.